The summed E-state index contributed by atoms with van der Waals surface area (Å²) < 4.78 is 0. The number of para-hydroxylation sites is 1. The third-order valence-electron chi connectivity index (χ3n) is 3.21. The molecule has 0 saturated carbocycles. The Morgan fingerprint density at radius 3 is 2.18 bits per heavy atom. The van der Waals surface area contributed by atoms with E-state index in [0.717, 1.165) is 30.0 Å². The van der Waals surface area contributed by atoms with E-state index in [1.165, 1.54) is 0 Å². The van der Waals surface area contributed by atoms with Crippen LogP contribution in [-0.2, 0) is 6.54 Å². The summed E-state index contributed by atoms with van der Waals surface area (Å²) >= 11 is 0. The molecule has 0 bridgehead atoms. The van der Waals surface area contributed by atoms with Gasteiger partial charge in [-0.25, -0.2) is 0 Å². The number of benzene rings is 2. The lowest BCUT2D eigenvalue weighted by Crippen LogP contribution is -2.24. The molecule has 2 aromatic carbocycles. The van der Waals surface area contributed by atoms with E-state index < -0.39 is 0 Å². The largest absolute Gasteiger partial charge is 0.364 e. The number of rotatable bonds is 8. The Hall–Kier alpha value is -2.68. The molecule has 2 rings (SSSR count). The van der Waals surface area contributed by atoms with Gasteiger partial charge in [0.15, 0.2) is 0 Å². The zero-order chi connectivity index (χ0) is 15.6. The minimum Gasteiger partial charge on any atom is -0.364 e. The predicted molar refractivity (Wildman–Crippen MR) is 93.7 cm³/mol. The van der Waals surface area contributed by atoms with Crippen molar-refractivity contribution in [1.29, 1.82) is 0 Å². The van der Waals surface area contributed by atoms with Crippen LogP contribution in [0.5, 0.6) is 0 Å². The molecule has 0 radical (unpaired) electrons. The van der Waals surface area contributed by atoms with Crippen molar-refractivity contribution in [2.45, 2.75) is 6.54 Å². The molecule has 3 heteroatoms. The smallest absolute Gasteiger partial charge is 0.0873 e. The first-order valence-corrected chi connectivity index (χ1v) is 7.32. The lowest BCUT2D eigenvalue weighted by atomic mass is 10.1. The van der Waals surface area contributed by atoms with Crippen LogP contribution in [0.2, 0.25) is 0 Å². The van der Waals surface area contributed by atoms with Crippen LogP contribution in [0.25, 0.3) is 0 Å². The molecule has 2 aromatic rings. The fraction of sp³-hybridized carbons (Fsp3) is 0.158. The van der Waals surface area contributed by atoms with Crippen LogP contribution < -0.4 is 4.90 Å². The molecule has 0 aliphatic rings. The third kappa shape index (κ3) is 4.42. The average molecular weight is 291 g/mol. The molecule has 3 nitrogen and oxygen atoms in total. The quantitative estimate of drug-likeness (QED) is 0.488. The van der Waals surface area contributed by atoms with Crippen LogP contribution in [0.1, 0.15) is 5.56 Å². The highest BCUT2D eigenvalue weighted by Crippen LogP contribution is 2.22. The van der Waals surface area contributed by atoms with Crippen LogP contribution in [-0.4, -0.2) is 13.1 Å². The lowest BCUT2D eigenvalue weighted by Gasteiger charge is -2.24. The molecule has 112 valence electrons. The predicted octanol–water partition coefficient (Wildman–Crippen LogP) is 5.15. The van der Waals surface area contributed by atoms with E-state index in [9.17, 15) is 0 Å². The van der Waals surface area contributed by atoms with E-state index in [1.807, 2.05) is 54.6 Å². The maximum absolute atomic E-state index is 4.32. The summed E-state index contributed by atoms with van der Waals surface area (Å²) in [5, 5.41) is 8.58. The van der Waals surface area contributed by atoms with Crippen molar-refractivity contribution in [3.05, 3.63) is 85.5 Å². The van der Waals surface area contributed by atoms with Crippen LogP contribution >= 0.6 is 0 Å². The summed E-state index contributed by atoms with van der Waals surface area (Å²) in [7, 11) is 0. The molecule has 0 aliphatic carbocycles. The maximum Gasteiger partial charge on any atom is 0.0873 e. The molecule has 0 fully saturated rings. The Morgan fingerprint density at radius 1 is 0.864 bits per heavy atom. The highest BCUT2D eigenvalue weighted by Gasteiger charge is 2.07. The van der Waals surface area contributed by atoms with Gasteiger partial charge >= 0.3 is 0 Å². The van der Waals surface area contributed by atoms with Gasteiger partial charge in [0.25, 0.3) is 0 Å². The number of nitrogens with zero attached hydrogens (tertiary/aromatic N) is 3. The summed E-state index contributed by atoms with van der Waals surface area (Å²) in [6.45, 7) is 9.75. The van der Waals surface area contributed by atoms with E-state index >= 15 is 0 Å². The number of hydrogen-bond donors (Lipinski definition) is 0. The fourth-order valence-electron chi connectivity index (χ4n) is 2.22. The van der Waals surface area contributed by atoms with E-state index in [4.69, 9.17) is 0 Å². The van der Waals surface area contributed by atoms with Gasteiger partial charge in [-0.2, -0.15) is 10.2 Å². The first-order valence-electron chi connectivity index (χ1n) is 7.32. The molecule has 0 aliphatic heterocycles. The van der Waals surface area contributed by atoms with Crippen LogP contribution in [0.3, 0.4) is 0 Å². The molecule has 0 aromatic heterocycles. The summed E-state index contributed by atoms with van der Waals surface area (Å²) in [5.41, 5.74) is 3.16. The second-order valence-corrected chi connectivity index (χ2v) is 4.85. The standard InChI is InChI=1S/C19H21N3/c1-3-14-22(15-4-2)19-13-9-8-10-17(19)16-20-21-18-11-6-5-7-12-18/h3-13H,1-2,14-16H2. The van der Waals surface area contributed by atoms with Gasteiger partial charge in [0.05, 0.1) is 12.2 Å². The van der Waals surface area contributed by atoms with Crippen LogP contribution in [0.4, 0.5) is 11.4 Å². The van der Waals surface area contributed by atoms with Crippen molar-refractivity contribution in [2.75, 3.05) is 18.0 Å². The van der Waals surface area contributed by atoms with E-state index in [-0.39, 0.29) is 0 Å². The summed E-state index contributed by atoms with van der Waals surface area (Å²) in [6.07, 6.45) is 3.79. The van der Waals surface area contributed by atoms with E-state index in [2.05, 4.69) is 40.4 Å². The zero-order valence-electron chi connectivity index (χ0n) is 12.7. The van der Waals surface area contributed by atoms with Crippen molar-refractivity contribution in [2.24, 2.45) is 10.2 Å². The van der Waals surface area contributed by atoms with Gasteiger partial charge in [0.1, 0.15) is 0 Å². The monoisotopic (exact) mass is 291 g/mol. The molecule has 0 unspecified atom stereocenters. The molecule has 0 atom stereocenters. The molecular formula is C19H21N3. The molecule has 0 heterocycles. The van der Waals surface area contributed by atoms with Gasteiger partial charge in [-0.3, -0.25) is 0 Å². The molecular weight excluding hydrogens is 270 g/mol. The molecule has 0 amide bonds. The fourth-order valence-corrected chi connectivity index (χ4v) is 2.22. The first-order chi connectivity index (χ1) is 10.8. The summed E-state index contributed by atoms with van der Waals surface area (Å²) in [4.78, 5) is 2.22. The Bertz CT molecular complexity index is 622. The van der Waals surface area contributed by atoms with E-state index in [1.54, 1.807) is 0 Å². The number of azo groups is 1. The average Bonchev–Trinajstić information content (AvgIpc) is 2.56. The molecule has 0 N–H and O–H groups in total. The topological polar surface area (TPSA) is 28.0 Å². The molecule has 22 heavy (non-hydrogen) atoms. The lowest BCUT2D eigenvalue weighted by molar-refractivity contribution is 0.908. The van der Waals surface area contributed by atoms with Crippen LogP contribution in [0, 0.1) is 0 Å². The number of anilines is 1. The Labute approximate surface area is 132 Å². The van der Waals surface area contributed by atoms with Crippen molar-refractivity contribution in [3.63, 3.8) is 0 Å². The van der Waals surface area contributed by atoms with Gasteiger partial charge in [-0.05, 0) is 23.8 Å². The van der Waals surface area contributed by atoms with Crippen molar-refractivity contribution in [3.8, 4) is 0 Å². The molecule has 0 spiro atoms. The van der Waals surface area contributed by atoms with Crippen molar-refractivity contribution in [1.82, 2.24) is 0 Å². The van der Waals surface area contributed by atoms with Gasteiger partial charge in [0, 0.05) is 18.8 Å². The van der Waals surface area contributed by atoms with E-state index in [0.29, 0.717) is 6.54 Å². The minimum atomic E-state index is 0.551. The van der Waals surface area contributed by atoms with Gasteiger partial charge < -0.3 is 4.90 Å². The van der Waals surface area contributed by atoms with Gasteiger partial charge in [-0.1, -0.05) is 48.6 Å². The van der Waals surface area contributed by atoms with Gasteiger partial charge in [0.2, 0.25) is 0 Å². The Kier molecular flexibility index (Phi) is 6.12. The highest BCUT2D eigenvalue weighted by molar-refractivity contribution is 5.54. The van der Waals surface area contributed by atoms with Gasteiger partial charge in [-0.15, -0.1) is 13.2 Å². The summed E-state index contributed by atoms with van der Waals surface area (Å²) in [6, 6.07) is 18.0. The second-order valence-electron chi connectivity index (χ2n) is 4.85. The Morgan fingerprint density at radius 2 is 1.50 bits per heavy atom. The first kappa shape index (κ1) is 15.7. The number of hydrogen-bond acceptors (Lipinski definition) is 3. The minimum absolute atomic E-state index is 0.551. The third-order valence-corrected chi connectivity index (χ3v) is 3.21. The SMILES string of the molecule is C=CCN(CC=C)c1ccccc1CN=Nc1ccccc1. The maximum atomic E-state index is 4.32. The molecule has 0 saturated heterocycles. The summed E-state index contributed by atoms with van der Waals surface area (Å²) in [5.74, 6) is 0. The zero-order valence-corrected chi connectivity index (χ0v) is 12.7. The Balaban J connectivity index is 2.15. The van der Waals surface area contributed by atoms with Crippen molar-refractivity contribution >= 4 is 11.4 Å². The van der Waals surface area contributed by atoms with Crippen molar-refractivity contribution < 1.29 is 0 Å². The normalized spacial score (nSPS) is 10.5. The van der Waals surface area contributed by atoms with Crippen LogP contribution in [0.15, 0.2) is 90.1 Å². The second kappa shape index (κ2) is 8.57. The highest BCUT2D eigenvalue weighted by atomic mass is 15.1.